The Hall–Kier alpha value is -3.55. The Bertz CT molecular complexity index is 1060. The van der Waals surface area contributed by atoms with Crippen molar-refractivity contribution in [3.8, 4) is 28.6 Å². The third kappa shape index (κ3) is 4.47. The van der Waals surface area contributed by atoms with Crippen molar-refractivity contribution in [2.24, 2.45) is 0 Å². The predicted octanol–water partition coefficient (Wildman–Crippen LogP) is 3.67. The van der Waals surface area contributed by atoms with Gasteiger partial charge in [-0.05, 0) is 37.3 Å². The first kappa shape index (κ1) is 20.7. The second-order valence-electron chi connectivity index (χ2n) is 7.27. The van der Waals surface area contributed by atoms with Crippen LogP contribution >= 0.6 is 0 Å². The van der Waals surface area contributed by atoms with Gasteiger partial charge in [0.15, 0.2) is 0 Å². The van der Waals surface area contributed by atoms with Gasteiger partial charge in [0, 0.05) is 30.6 Å². The highest BCUT2D eigenvalue weighted by Gasteiger charge is 2.34. The fourth-order valence-corrected chi connectivity index (χ4v) is 3.71. The molecule has 0 spiro atoms. The number of carbonyl (C=O) groups is 1. The Morgan fingerprint density at radius 3 is 2.77 bits per heavy atom. The number of amides is 1. The summed E-state index contributed by atoms with van der Waals surface area (Å²) in [5.41, 5.74) is 1.69. The normalized spacial score (nSPS) is 15.9. The van der Waals surface area contributed by atoms with E-state index in [4.69, 9.17) is 18.7 Å². The molecule has 8 nitrogen and oxygen atoms in total. The van der Waals surface area contributed by atoms with Gasteiger partial charge in [-0.1, -0.05) is 17.3 Å². The zero-order valence-electron chi connectivity index (χ0n) is 17.8. The first-order valence-electron chi connectivity index (χ1n) is 10.2. The molecule has 1 aliphatic heterocycles. The van der Waals surface area contributed by atoms with Crippen LogP contribution in [0.2, 0.25) is 0 Å². The fourth-order valence-electron chi connectivity index (χ4n) is 3.71. The monoisotopic (exact) mass is 423 g/mol. The average molecular weight is 423 g/mol. The molecule has 31 heavy (non-hydrogen) atoms. The van der Waals surface area contributed by atoms with E-state index in [0.717, 1.165) is 22.6 Å². The van der Waals surface area contributed by atoms with Crippen molar-refractivity contribution < 1.29 is 23.5 Å². The van der Waals surface area contributed by atoms with Gasteiger partial charge < -0.3 is 23.6 Å². The molecule has 1 aliphatic rings. The van der Waals surface area contributed by atoms with Crippen molar-refractivity contribution in [1.29, 1.82) is 0 Å². The van der Waals surface area contributed by atoms with E-state index in [1.54, 1.807) is 19.1 Å². The van der Waals surface area contributed by atoms with Gasteiger partial charge in [0.1, 0.15) is 17.2 Å². The first-order valence-corrected chi connectivity index (χ1v) is 10.2. The Balaban J connectivity index is 1.49. The van der Waals surface area contributed by atoms with E-state index in [1.165, 1.54) is 0 Å². The van der Waals surface area contributed by atoms with Crippen LogP contribution < -0.4 is 14.2 Å². The number of likely N-dealkylation sites (tertiary alicyclic amines) is 1. The molecule has 1 aromatic heterocycles. The van der Waals surface area contributed by atoms with Crippen molar-refractivity contribution in [1.82, 2.24) is 15.0 Å². The molecule has 4 rings (SSSR count). The highest BCUT2D eigenvalue weighted by Crippen LogP contribution is 2.32. The minimum atomic E-state index is -0.152. The minimum absolute atomic E-state index is 0.0352. The summed E-state index contributed by atoms with van der Waals surface area (Å²) in [6, 6.07) is 13.1. The van der Waals surface area contributed by atoms with Crippen molar-refractivity contribution in [2.45, 2.75) is 25.8 Å². The molecule has 1 atom stereocenters. The summed E-state index contributed by atoms with van der Waals surface area (Å²) in [6.07, 6.45) is 0.326. The van der Waals surface area contributed by atoms with Crippen LogP contribution in [-0.4, -0.2) is 48.3 Å². The third-order valence-electron chi connectivity index (χ3n) is 5.26. The van der Waals surface area contributed by atoms with Crippen LogP contribution in [0, 0.1) is 0 Å². The lowest BCUT2D eigenvalue weighted by Crippen LogP contribution is -2.24. The van der Waals surface area contributed by atoms with Crippen LogP contribution in [0.1, 0.15) is 30.7 Å². The molecular weight excluding hydrogens is 398 g/mol. The smallest absolute Gasteiger partial charge is 0.232 e. The summed E-state index contributed by atoms with van der Waals surface area (Å²) in [7, 11) is 3.22. The Morgan fingerprint density at radius 1 is 1.13 bits per heavy atom. The molecule has 1 saturated heterocycles. The lowest BCUT2D eigenvalue weighted by molar-refractivity contribution is -0.128. The molecule has 2 aromatic carbocycles. The zero-order chi connectivity index (χ0) is 21.8. The van der Waals surface area contributed by atoms with E-state index < -0.39 is 0 Å². The topological polar surface area (TPSA) is 86.9 Å². The zero-order valence-corrected chi connectivity index (χ0v) is 17.8. The molecule has 0 aliphatic carbocycles. The average Bonchev–Trinajstić information content (AvgIpc) is 3.41. The molecule has 2 heterocycles. The van der Waals surface area contributed by atoms with Gasteiger partial charge in [-0.2, -0.15) is 4.98 Å². The lowest BCUT2D eigenvalue weighted by atomic mass is 10.1. The summed E-state index contributed by atoms with van der Waals surface area (Å²) in [4.78, 5) is 19.0. The molecule has 0 saturated carbocycles. The molecular formula is C23H25N3O5. The summed E-state index contributed by atoms with van der Waals surface area (Å²) < 4.78 is 21.8. The van der Waals surface area contributed by atoms with Crippen molar-refractivity contribution >= 4 is 5.91 Å². The molecule has 1 fully saturated rings. The first-order chi connectivity index (χ1) is 15.1. The Labute approximate surface area is 180 Å². The highest BCUT2D eigenvalue weighted by atomic mass is 16.5. The van der Waals surface area contributed by atoms with E-state index in [-0.39, 0.29) is 11.8 Å². The SMILES string of the molecule is CCOc1cccc(-c2noc(C3CC(=O)N(Cc4cc(OC)ccc4OC)C3)n2)c1. The number of hydrogen-bond acceptors (Lipinski definition) is 7. The molecule has 1 unspecified atom stereocenters. The standard InChI is InChI=1S/C23H25N3O5/c1-4-30-19-7-5-6-15(10-19)22-24-23(31-25-22)17-12-21(27)26(14-17)13-16-11-18(28-2)8-9-20(16)29-3/h5-11,17H,4,12-14H2,1-3H3. The van der Waals surface area contributed by atoms with E-state index in [0.29, 0.717) is 43.6 Å². The van der Waals surface area contributed by atoms with Crippen molar-refractivity contribution in [2.75, 3.05) is 27.4 Å². The molecule has 0 radical (unpaired) electrons. The third-order valence-corrected chi connectivity index (χ3v) is 5.26. The second-order valence-corrected chi connectivity index (χ2v) is 7.27. The number of aromatic nitrogens is 2. The van der Waals surface area contributed by atoms with E-state index in [2.05, 4.69) is 10.1 Å². The van der Waals surface area contributed by atoms with E-state index in [1.807, 2.05) is 49.4 Å². The molecule has 0 bridgehead atoms. The number of benzene rings is 2. The largest absolute Gasteiger partial charge is 0.497 e. The number of hydrogen-bond donors (Lipinski definition) is 0. The van der Waals surface area contributed by atoms with Gasteiger partial charge >= 0.3 is 0 Å². The second kappa shape index (κ2) is 9.07. The van der Waals surface area contributed by atoms with E-state index >= 15 is 0 Å². The van der Waals surface area contributed by atoms with Crippen LogP contribution in [0.25, 0.3) is 11.4 Å². The number of nitrogens with zero attached hydrogens (tertiary/aromatic N) is 3. The van der Waals surface area contributed by atoms with Crippen LogP contribution in [0.4, 0.5) is 0 Å². The van der Waals surface area contributed by atoms with Gasteiger partial charge in [-0.25, -0.2) is 0 Å². The summed E-state index contributed by atoms with van der Waals surface area (Å²) in [6.45, 7) is 3.44. The maximum atomic E-state index is 12.7. The van der Waals surface area contributed by atoms with Crippen LogP contribution in [0.3, 0.4) is 0 Å². The van der Waals surface area contributed by atoms with E-state index in [9.17, 15) is 4.79 Å². The van der Waals surface area contributed by atoms with Crippen LogP contribution in [-0.2, 0) is 11.3 Å². The number of methoxy groups -OCH3 is 2. The molecule has 8 heteroatoms. The predicted molar refractivity (Wildman–Crippen MR) is 113 cm³/mol. The van der Waals surface area contributed by atoms with Gasteiger partial charge in [0.05, 0.1) is 26.7 Å². The van der Waals surface area contributed by atoms with Gasteiger partial charge in [-0.15, -0.1) is 0 Å². The quantitative estimate of drug-likeness (QED) is 0.546. The van der Waals surface area contributed by atoms with Gasteiger partial charge in [0.25, 0.3) is 0 Å². The molecule has 162 valence electrons. The number of carbonyl (C=O) groups excluding carboxylic acids is 1. The summed E-state index contributed by atoms with van der Waals surface area (Å²) >= 11 is 0. The highest BCUT2D eigenvalue weighted by molar-refractivity contribution is 5.79. The molecule has 3 aromatic rings. The Kier molecular flexibility index (Phi) is 6.06. The summed E-state index contributed by atoms with van der Waals surface area (Å²) in [5.74, 6) is 3.01. The number of rotatable bonds is 8. The Morgan fingerprint density at radius 2 is 2.00 bits per heavy atom. The fraction of sp³-hybridized carbons (Fsp3) is 0.348. The summed E-state index contributed by atoms with van der Waals surface area (Å²) in [5, 5.41) is 4.11. The maximum Gasteiger partial charge on any atom is 0.232 e. The minimum Gasteiger partial charge on any atom is -0.497 e. The van der Waals surface area contributed by atoms with Crippen LogP contribution in [0.15, 0.2) is 47.0 Å². The van der Waals surface area contributed by atoms with Crippen LogP contribution in [0.5, 0.6) is 17.2 Å². The van der Waals surface area contributed by atoms with Gasteiger partial charge in [-0.3, -0.25) is 4.79 Å². The molecule has 0 N–H and O–H groups in total. The number of ether oxygens (including phenoxy) is 3. The lowest BCUT2D eigenvalue weighted by Gasteiger charge is -2.18. The van der Waals surface area contributed by atoms with Gasteiger partial charge in [0.2, 0.25) is 17.6 Å². The maximum absolute atomic E-state index is 12.7. The van der Waals surface area contributed by atoms with Crippen molar-refractivity contribution in [3.05, 3.63) is 53.9 Å². The van der Waals surface area contributed by atoms with Crippen molar-refractivity contribution in [3.63, 3.8) is 0 Å². The molecule has 1 amide bonds.